The molecular formula is C15H24N2O. The van der Waals surface area contributed by atoms with Crippen molar-refractivity contribution >= 4 is 0 Å². The van der Waals surface area contributed by atoms with E-state index in [9.17, 15) is 0 Å². The lowest BCUT2D eigenvalue weighted by molar-refractivity contribution is 0.0374. The van der Waals surface area contributed by atoms with E-state index >= 15 is 0 Å². The largest absolute Gasteiger partial charge is 0.379 e. The SMILES string of the molecule is Cc1ccccc1CNCCCN1CCOCC1. The van der Waals surface area contributed by atoms with Crippen LogP contribution < -0.4 is 5.32 Å². The molecule has 0 radical (unpaired) electrons. The number of morpholine rings is 1. The Morgan fingerprint density at radius 2 is 2.00 bits per heavy atom. The third-order valence-corrected chi connectivity index (χ3v) is 3.51. The second kappa shape index (κ2) is 7.52. The molecule has 1 N–H and O–H groups in total. The van der Waals surface area contributed by atoms with Gasteiger partial charge in [0, 0.05) is 19.6 Å². The molecule has 0 saturated carbocycles. The Bertz CT molecular complexity index is 348. The first kappa shape index (κ1) is 13.5. The van der Waals surface area contributed by atoms with Crippen molar-refractivity contribution in [3.63, 3.8) is 0 Å². The van der Waals surface area contributed by atoms with Crippen LogP contribution in [0.15, 0.2) is 24.3 Å². The van der Waals surface area contributed by atoms with Crippen molar-refractivity contribution in [3.8, 4) is 0 Å². The topological polar surface area (TPSA) is 24.5 Å². The van der Waals surface area contributed by atoms with E-state index in [0.717, 1.165) is 39.4 Å². The van der Waals surface area contributed by atoms with Crippen molar-refractivity contribution < 1.29 is 4.74 Å². The summed E-state index contributed by atoms with van der Waals surface area (Å²) in [6.45, 7) is 9.42. The smallest absolute Gasteiger partial charge is 0.0594 e. The van der Waals surface area contributed by atoms with E-state index in [2.05, 4.69) is 41.4 Å². The van der Waals surface area contributed by atoms with Gasteiger partial charge >= 0.3 is 0 Å². The monoisotopic (exact) mass is 248 g/mol. The molecule has 0 aromatic heterocycles. The lowest BCUT2D eigenvalue weighted by atomic mass is 10.1. The zero-order valence-electron chi connectivity index (χ0n) is 11.3. The van der Waals surface area contributed by atoms with E-state index in [4.69, 9.17) is 4.74 Å². The molecule has 2 rings (SSSR count). The minimum Gasteiger partial charge on any atom is -0.379 e. The first-order valence-electron chi connectivity index (χ1n) is 6.91. The van der Waals surface area contributed by atoms with Crippen LogP contribution in [0, 0.1) is 6.92 Å². The van der Waals surface area contributed by atoms with Crippen molar-refractivity contribution in [1.29, 1.82) is 0 Å². The van der Waals surface area contributed by atoms with E-state index in [-0.39, 0.29) is 0 Å². The van der Waals surface area contributed by atoms with Gasteiger partial charge in [-0.2, -0.15) is 0 Å². The standard InChI is InChI=1S/C15H24N2O/c1-14-5-2-3-6-15(14)13-16-7-4-8-17-9-11-18-12-10-17/h2-3,5-6,16H,4,7-13H2,1H3. The zero-order chi connectivity index (χ0) is 12.6. The minimum atomic E-state index is 0.899. The van der Waals surface area contributed by atoms with Crippen LogP contribution in [0.3, 0.4) is 0 Å². The maximum Gasteiger partial charge on any atom is 0.0594 e. The van der Waals surface area contributed by atoms with Crippen molar-refractivity contribution in [2.24, 2.45) is 0 Å². The molecule has 1 aliphatic rings. The van der Waals surface area contributed by atoms with E-state index in [0.29, 0.717) is 0 Å². The summed E-state index contributed by atoms with van der Waals surface area (Å²) in [5.41, 5.74) is 2.78. The molecule has 0 atom stereocenters. The fourth-order valence-electron chi connectivity index (χ4n) is 2.28. The molecule has 100 valence electrons. The molecule has 1 saturated heterocycles. The van der Waals surface area contributed by atoms with Crippen molar-refractivity contribution in [3.05, 3.63) is 35.4 Å². The number of rotatable bonds is 6. The van der Waals surface area contributed by atoms with E-state index in [1.54, 1.807) is 0 Å². The summed E-state index contributed by atoms with van der Waals surface area (Å²) in [5.74, 6) is 0. The summed E-state index contributed by atoms with van der Waals surface area (Å²) >= 11 is 0. The normalized spacial score (nSPS) is 16.9. The lowest BCUT2D eigenvalue weighted by Crippen LogP contribution is -2.37. The van der Waals surface area contributed by atoms with Crippen LogP contribution in [0.1, 0.15) is 17.5 Å². The molecule has 3 nitrogen and oxygen atoms in total. The summed E-state index contributed by atoms with van der Waals surface area (Å²) < 4.78 is 5.34. The maximum absolute atomic E-state index is 5.34. The Hall–Kier alpha value is -0.900. The number of hydrogen-bond donors (Lipinski definition) is 1. The third-order valence-electron chi connectivity index (χ3n) is 3.51. The predicted octanol–water partition coefficient (Wildman–Crippen LogP) is 1.81. The fraction of sp³-hybridized carbons (Fsp3) is 0.600. The van der Waals surface area contributed by atoms with Gasteiger partial charge < -0.3 is 10.1 Å². The van der Waals surface area contributed by atoms with Crippen molar-refractivity contribution in [2.75, 3.05) is 39.4 Å². The summed E-state index contributed by atoms with van der Waals surface area (Å²) in [5, 5.41) is 3.52. The predicted molar refractivity (Wildman–Crippen MR) is 74.8 cm³/mol. The van der Waals surface area contributed by atoms with Crippen LogP contribution in [0.2, 0.25) is 0 Å². The first-order valence-corrected chi connectivity index (χ1v) is 6.91. The number of nitrogens with one attached hydrogen (secondary N) is 1. The van der Waals surface area contributed by atoms with Gasteiger partial charge in [-0.25, -0.2) is 0 Å². The molecule has 1 fully saturated rings. The first-order chi connectivity index (χ1) is 8.86. The number of benzene rings is 1. The molecule has 1 aromatic rings. The maximum atomic E-state index is 5.34. The summed E-state index contributed by atoms with van der Waals surface area (Å²) in [6.07, 6.45) is 1.21. The molecular weight excluding hydrogens is 224 g/mol. The number of ether oxygens (including phenoxy) is 1. The van der Waals surface area contributed by atoms with Crippen LogP contribution in [0.4, 0.5) is 0 Å². The highest BCUT2D eigenvalue weighted by Gasteiger charge is 2.08. The average Bonchev–Trinajstić information content (AvgIpc) is 2.42. The highest BCUT2D eigenvalue weighted by Crippen LogP contribution is 2.06. The van der Waals surface area contributed by atoms with Gasteiger partial charge in [0.1, 0.15) is 0 Å². The van der Waals surface area contributed by atoms with Gasteiger partial charge in [0.05, 0.1) is 13.2 Å². The van der Waals surface area contributed by atoms with Gasteiger partial charge in [0.25, 0.3) is 0 Å². The minimum absolute atomic E-state index is 0.899. The van der Waals surface area contributed by atoms with Crippen LogP contribution in [0.25, 0.3) is 0 Å². The third kappa shape index (κ3) is 4.41. The quantitative estimate of drug-likeness (QED) is 0.777. The Morgan fingerprint density at radius 3 is 2.78 bits per heavy atom. The fourth-order valence-corrected chi connectivity index (χ4v) is 2.28. The summed E-state index contributed by atoms with van der Waals surface area (Å²) in [7, 11) is 0. The van der Waals surface area contributed by atoms with Gasteiger partial charge in [-0.3, -0.25) is 4.90 Å². The lowest BCUT2D eigenvalue weighted by Gasteiger charge is -2.26. The Kier molecular flexibility index (Phi) is 5.65. The van der Waals surface area contributed by atoms with E-state index in [1.165, 1.54) is 24.1 Å². The molecule has 0 bridgehead atoms. The Labute approximate surface area is 110 Å². The molecule has 0 spiro atoms. The molecule has 3 heteroatoms. The van der Waals surface area contributed by atoms with Gasteiger partial charge in [0.15, 0.2) is 0 Å². The summed E-state index contributed by atoms with van der Waals surface area (Å²) in [4.78, 5) is 2.49. The second-order valence-electron chi connectivity index (χ2n) is 4.91. The number of hydrogen-bond acceptors (Lipinski definition) is 3. The van der Waals surface area contributed by atoms with E-state index in [1.807, 2.05) is 0 Å². The van der Waals surface area contributed by atoms with Gasteiger partial charge in [-0.05, 0) is 37.6 Å². The Morgan fingerprint density at radius 1 is 1.22 bits per heavy atom. The molecule has 1 heterocycles. The molecule has 0 unspecified atom stereocenters. The Balaban J connectivity index is 1.57. The molecule has 0 aliphatic carbocycles. The highest BCUT2D eigenvalue weighted by molar-refractivity contribution is 5.25. The van der Waals surface area contributed by atoms with Gasteiger partial charge in [0.2, 0.25) is 0 Å². The molecule has 1 aromatic carbocycles. The van der Waals surface area contributed by atoms with Crippen LogP contribution in [0.5, 0.6) is 0 Å². The molecule has 1 aliphatic heterocycles. The van der Waals surface area contributed by atoms with Crippen LogP contribution in [-0.4, -0.2) is 44.3 Å². The van der Waals surface area contributed by atoms with Crippen LogP contribution >= 0.6 is 0 Å². The van der Waals surface area contributed by atoms with Crippen LogP contribution in [-0.2, 0) is 11.3 Å². The number of nitrogens with zero attached hydrogens (tertiary/aromatic N) is 1. The van der Waals surface area contributed by atoms with Crippen molar-refractivity contribution in [2.45, 2.75) is 19.9 Å². The van der Waals surface area contributed by atoms with E-state index < -0.39 is 0 Å². The molecule has 0 amide bonds. The molecule has 18 heavy (non-hydrogen) atoms. The average molecular weight is 248 g/mol. The van der Waals surface area contributed by atoms with Gasteiger partial charge in [-0.15, -0.1) is 0 Å². The zero-order valence-corrected chi connectivity index (χ0v) is 11.3. The van der Waals surface area contributed by atoms with Crippen molar-refractivity contribution in [1.82, 2.24) is 10.2 Å². The summed E-state index contributed by atoms with van der Waals surface area (Å²) in [6, 6.07) is 8.57. The highest BCUT2D eigenvalue weighted by atomic mass is 16.5. The second-order valence-corrected chi connectivity index (χ2v) is 4.91. The van der Waals surface area contributed by atoms with Gasteiger partial charge in [-0.1, -0.05) is 24.3 Å². The number of aryl methyl sites for hydroxylation is 1.